The Labute approximate surface area is 106 Å². The first-order valence-corrected chi connectivity index (χ1v) is 6.23. The lowest BCUT2D eigenvalue weighted by molar-refractivity contribution is -0.135. The Kier molecular flexibility index (Phi) is 2.80. The monoisotopic (exact) mass is 247 g/mol. The number of aromatic nitrogens is 1. The van der Waals surface area contributed by atoms with E-state index in [1.165, 1.54) is 5.56 Å². The molecule has 0 saturated carbocycles. The molecular weight excluding hydrogens is 230 g/mol. The van der Waals surface area contributed by atoms with Gasteiger partial charge in [0, 0.05) is 45.0 Å². The summed E-state index contributed by atoms with van der Waals surface area (Å²) in [5.74, 6) is -0.0714. The molecule has 18 heavy (non-hydrogen) atoms. The Hall–Kier alpha value is -1.46. The van der Waals surface area contributed by atoms with Gasteiger partial charge in [-0.25, -0.2) is 0 Å². The van der Waals surface area contributed by atoms with Crippen molar-refractivity contribution in [2.75, 3.05) is 20.1 Å². The minimum Gasteiger partial charge on any atom is -0.383 e. The molecule has 1 N–H and O–H groups in total. The average Bonchev–Trinajstić information content (AvgIpc) is 2.88. The second-order valence-corrected chi connectivity index (χ2v) is 5.17. The Balaban J connectivity index is 1.68. The van der Waals surface area contributed by atoms with E-state index in [1.807, 2.05) is 12.1 Å². The van der Waals surface area contributed by atoms with Crippen LogP contribution in [0.5, 0.6) is 0 Å². The topological polar surface area (TPSA) is 56.7 Å². The normalized spacial score (nSPS) is 32.0. The maximum Gasteiger partial charge on any atom is 0.251 e. The number of hydrogen-bond acceptors (Lipinski definition) is 4. The number of aliphatic hydroxyl groups is 1. The Bertz CT molecular complexity index is 431. The average molecular weight is 247 g/mol. The standard InChI is InChI=1S/C13H17N3O2/c1-15-11-8-16(6-9-2-4-14-5-3-9)7-10(11)12(17)13(15)18/h2-5,10-12,17H,6-8H2,1H3/t10-,11+,12-/m0/s1. The first-order chi connectivity index (χ1) is 8.66. The number of carbonyl (C=O) groups excluding carboxylic acids is 1. The quantitative estimate of drug-likeness (QED) is 0.780. The Morgan fingerprint density at radius 1 is 1.39 bits per heavy atom. The molecule has 3 atom stereocenters. The third-order valence-corrected chi connectivity index (χ3v) is 4.07. The highest BCUT2D eigenvalue weighted by Crippen LogP contribution is 2.32. The summed E-state index contributed by atoms with van der Waals surface area (Å²) in [5.41, 5.74) is 1.22. The summed E-state index contributed by atoms with van der Waals surface area (Å²) in [7, 11) is 1.78. The highest BCUT2D eigenvalue weighted by molar-refractivity contribution is 5.84. The zero-order chi connectivity index (χ0) is 12.7. The van der Waals surface area contributed by atoms with Gasteiger partial charge in [0.25, 0.3) is 5.91 Å². The lowest BCUT2D eigenvalue weighted by Gasteiger charge is -2.21. The van der Waals surface area contributed by atoms with Crippen LogP contribution in [0.1, 0.15) is 5.56 Å². The van der Waals surface area contributed by atoms with Gasteiger partial charge in [-0.15, -0.1) is 0 Å². The van der Waals surface area contributed by atoms with E-state index in [0.29, 0.717) is 0 Å². The van der Waals surface area contributed by atoms with Gasteiger partial charge < -0.3 is 10.0 Å². The molecule has 0 aromatic carbocycles. The lowest BCUT2D eigenvalue weighted by atomic mass is 10.0. The van der Waals surface area contributed by atoms with Gasteiger partial charge in [-0.1, -0.05) is 0 Å². The lowest BCUT2D eigenvalue weighted by Crippen LogP contribution is -2.36. The van der Waals surface area contributed by atoms with Gasteiger partial charge in [-0.05, 0) is 17.7 Å². The molecule has 0 aliphatic carbocycles. The van der Waals surface area contributed by atoms with E-state index in [0.717, 1.165) is 19.6 Å². The van der Waals surface area contributed by atoms with Gasteiger partial charge in [-0.3, -0.25) is 14.7 Å². The summed E-state index contributed by atoms with van der Waals surface area (Å²) < 4.78 is 0. The molecular formula is C13H17N3O2. The third-order valence-electron chi connectivity index (χ3n) is 4.07. The van der Waals surface area contributed by atoms with Crippen molar-refractivity contribution in [1.82, 2.24) is 14.8 Å². The SMILES string of the molecule is CN1C(=O)[C@@H](O)[C@H]2CN(Cc3ccncc3)C[C@H]21. The summed E-state index contributed by atoms with van der Waals surface area (Å²) in [6, 6.07) is 4.16. The predicted octanol–water partition coefficient (Wildman–Crippen LogP) is -0.285. The zero-order valence-corrected chi connectivity index (χ0v) is 10.4. The second-order valence-electron chi connectivity index (χ2n) is 5.17. The number of nitrogens with zero attached hydrogens (tertiary/aromatic N) is 3. The van der Waals surface area contributed by atoms with Crippen LogP contribution in [0.4, 0.5) is 0 Å². The van der Waals surface area contributed by atoms with Crippen molar-refractivity contribution < 1.29 is 9.90 Å². The van der Waals surface area contributed by atoms with Crippen molar-refractivity contribution in [2.24, 2.45) is 5.92 Å². The zero-order valence-electron chi connectivity index (χ0n) is 10.4. The number of aliphatic hydroxyl groups excluding tert-OH is 1. The van der Waals surface area contributed by atoms with E-state index in [9.17, 15) is 9.90 Å². The van der Waals surface area contributed by atoms with Gasteiger partial charge in [0.2, 0.25) is 0 Å². The number of pyridine rings is 1. The Morgan fingerprint density at radius 3 is 2.78 bits per heavy atom. The highest BCUT2D eigenvalue weighted by atomic mass is 16.3. The second kappa shape index (κ2) is 4.33. The largest absolute Gasteiger partial charge is 0.383 e. The fraction of sp³-hybridized carbons (Fsp3) is 0.538. The number of amides is 1. The third kappa shape index (κ3) is 1.79. The summed E-state index contributed by atoms with van der Waals surface area (Å²) in [4.78, 5) is 19.6. The van der Waals surface area contributed by atoms with Gasteiger partial charge in [0.15, 0.2) is 0 Å². The van der Waals surface area contributed by atoms with Crippen LogP contribution >= 0.6 is 0 Å². The van der Waals surface area contributed by atoms with Crippen molar-refractivity contribution in [3.8, 4) is 0 Å². The first kappa shape index (κ1) is 11.6. The van der Waals surface area contributed by atoms with Crippen LogP contribution in [0.15, 0.2) is 24.5 Å². The molecule has 0 radical (unpaired) electrons. The van der Waals surface area contributed by atoms with E-state index in [-0.39, 0.29) is 17.9 Å². The van der Waals surface area contributed by atoms with Crippen molar-refractivity contribution in [1.29, 1.82) is 0 Å². The molecule has 0 unspecified atom stereocenters. The van der Waals surface area contributed by atoms with Crippen LogP contribution in [-0.4, -0.2) is 58.1 Å². The molecule has 2 aliphatic rings. The number of likely N-dealkylation sites (N-methyl/N-ethyl adjacent to an activating group) is 1. The highest BCUT2D eigenvalue weighted by Gasteiger charge is 2.50. The Morgan fingerprint density at radius 2 is 2.11 bits per heavy atom. The molecule has 1 aromatic heterocycles. The van der Waals surface area contributed by atoms with E-state index in [1.54, 1.807) is 24.3 Å². The van der Waals surface area contributed by atoms with E-state index in [4.69, 9.17) is 0 Å². The van der Waals surface area contributed by atoms with Crippen LogP contribution < -0.4 is 0 Å². The molecule has 2 fully saturated rings. The van der Waals surface area contributed by atoms with Gasteiger partial charge in [0.1, 0.15) is 6.10 Å². The first-order valence-electron chi connectivity index (χ1n) is 6.23. The molecule has 96 valence electrons. The van der Waals surface area contributed by atoms with E-state index in [2.05, 4.69) is 9.88 Å². The molecule has 2 saturated heterocycles. The summed E-state index contributed by atoms with van der Waals surface area (Å²) >= 11 is 0. The van der Waals surface area contributed by atoms with Crippen LogP contribution in [0.3, 0.4) is 0 Å². The van der Waals surface area contributed by atoms with Crippen molar-refractivity contribution in [3.63, 3.8) is 0 Å². The summed E-state index contributed by atoms with van der Waals surface area (Å²) in [6.07, 6.45) is 2.76. The van der Waals surface area contributed by atoms with Crippen LogP contribution in [0.25, 0.3) is 0 Å². The van der Waals surface area contributed by atoms with Crippen molar-refractivity contribution in [2.45, 2.75) is 18.7 Å². The summed E-state index contributed by atoms with van der Waals surface area (Å²) in [6.45, 7) is 2.47. The van der Waals surface area contributed by atoms with Crippen LogP contribution in [0, 0.1) is 5.92 Å². The maximum absolute atomic E-state index is 11.6. The van der Waals surface area contributed by atoms with E-state index < -0.39 is 6.10 Å². The number of rotatable bonds is 2. The van der Waals surface area contributed by atoms with Crippen LogP contribution in [0.2, 0.25) is 0 Å². The molecule has 0 spiro atoms. The fourth-order valence-electron chi connectivity index (χ4n) is 3.04. The number of fused-ring (bicyclic) bond motifs is 1. The van der Waals surface area contributed by atoms with Gasteiger partial charge in [0.05, 0.1) is 6.04 Å². The molecule has 0 bridgehead atoms. The smallest absolute Gasteiger partial charge is 0.251 e. The molecule has 3 rings (SSSR count). The van der Waals surface area contributed by atoms with Crippen molar-refractivity contribution >= 4 is 5.91 Å². The van der Waals surface area contributed by atoms with Crippen LogP contribution in [-0.2, 0) is 11.3 Å². The number of likely N-dealkylation sites (tertiary alicyclic amines) is 2. The van der Waals surface area contributed by atoms with Gasteiger partial charge >= 0.3 is 0 Å². The van der Waals surface area contributed by atoms with Crippen molar-refractivity contribution in [3.05, 3.63) is 30.1 Å². The van der Waals surface area contributed by atoms with Gasteiger partial charge in [-0.2, -0.15) is 0 Å². The molecule has 1 aromatic rings. The molecule has 5 nitrogen and oxygen atoms in total. The van der Waals surface area contributed by atoms with E-state index >= 15 is 0 Å². The molecule has 5 heteroatoms. The summed E-state index contributed by atoms with van der Waals surface area (Å²) in [5, 5.41) is 9.89. The maximum atomic E-state index is 11.6. The number of carbonyl (C=O) groups is 1. The minimum atomic E-state index is -0.817. The molecule has 3 heterocycles. The molecule has 2 aliphatic heterocycles. The molecule has 1 amide bonds. The minimum absolute atomic E-state index is 0.0596. The number of hydrogen-bond donors (Lipinski definition) is 1. The fourth-order valence-corrected chi connectivity index (χ4v) is 3.04. The predicted molar refractivity (Wildman–Crippen MR) is 65.6 cm³/mol.